The maximum atomic E-state index is 13.0. The number of amides is 1. The number of rotatable bonds is 5. The summed E-state index contributed by atoms with van der Waals surface area (Å²) in [7, 11) is 0. The molecule has 0 saturated carbocycles. The number of hydrogen-bond donors (Lipinski definition) is 1. The van der Waals surface area contributed by atoms with Gasteiger partial charge in [-0.3, -0.25) is 9.78 Å². The maximum Gasteiger partial charge on any atom is 0.417 e. The van der Waals surface area contributed by atoms with Crippen LogP contribution in [0.15, 0.2) is 60.8 Å². The van der Waals surface area contributed by atoms with Crippen LogP contribution in [0.3, 0.4) is 0 Å². The highest BCUT2D eigenvalue weighted by Crippen LogP contribution is 2.33. The smallest absolute Gasteiger partial charge is 0.343 e. The minimum Gasteiger partial charge on any atom is -0.343 e. The van der Waals surface area contributed by atoms with Crippen molar-refractivity contribution in [1.82, 2.24) is 10.3 Å². The van der Waals surface area contributed by atoms with E-state index in [9.17, 15) is 18.0 Å². The monoisotopic (exact) mass is 472 g/mol. The van der Waals surface area contributed by atoms with Crippen molar-refractivity contribution in [2.75, 3.05) is 0 Å². The molecular formula is C21H14Cl3F3N2O. The van der Waals surface area contributed by atoms with E-state index in [2.05, 4.69) is 10.3 Å². The van der Waals surface area contributed by atoms with Crippen LogP contribution in [0, 0.1) is 0 Å². The van der Waals surface area contributed by atoms with Gasteiger partial charge in [-0.2, -0.15) is 13.2 Å². The summed E-state index contributed by atoms with van der Waals surface area (Å²) >= 11 is 18.3. The Morgan fingerprint density at radius 1 is 0.967 bits per heavy atom. The predicted octanol–water partition coefficient (Wildman–Crippen LogP) is 6.77. The van der Waals surface area contributed by atoms with Gasteiger partial charge in [-0.05, 0) is 30.2 Å². The molecule has 1 N–H and O–H groups in total. The molecule has 0 aliphatic rings. The van der Waals surface area contributed by atoms with Gasteiger partial charge in [-0.25, -0.2) is 0 Å². The molecule has 0 radical (unpaired) electrons. The van der Waals surface area contributed by atoms with Crippen LogP contribution >= 0.6 is 34.8 Å². The predicted molar refractivity (Wildman–Crippen MR) is 111 cm³/mol. The average Bonchev–Trinajstić information content (AvgIpc) is 2.67. The van der Waals surface area contributed by atoms with Crippen molar-refractivity contribution in [3.8, 4) is 0 Å². The van der Waals surface area contributed by atoms with Crippen LogP contribution in [0.4, 0.5) is 13.2 Å². The molecule has 1 heterocycles. The summed E-state index contributed by atoms with van der Waals surface area (Å²) in [6.07, 6.45) is -3.65. The van der Waals surface area contributed by atoms with Crippen LogP contribution in [0.2, 0.25) is 15.1 Å². The molecule has 2 aromatic carbocycles. The second kappa shape index (κ2) is 9.25. The van der Waals surface area contributed by atoms with Crippen molar-refractivity contribution in [3.05, 3.63) is 98.2 Å². The van der Waals surface area contributed by atoms with E-state index in [0.29, 0.717) is 6.20 Å². The summed E-state index contributed by atoms with van der Waals surface area (Å²) in [5, 5.41) is 2.82. The van der Waals surface area contributed by atoms with Gasteiger partial charge in [0.05, 0.1) is 37.9 Å². The standard InChI is InChI=1S/C21H14Cl3F3N2O/c22-14-7-4-8-15(23)18(14)20(30)29-17(9-12-5-2-1-3-6-12)19-16(24)10-13(11-28-19)21(25,26)27/h1-8,10-11,17H,9H2,(H,29,30). The maximum absolute atomic E-state index is 13.0. The van der Waals surface area contributed by atoms with Gasteiger partial charge in [0.25, 0.3) is 5.91 Å². The highest BCUT2D eigenvalue weighted by molar-refractivity contribution is 6.39. The van der Waals surface area contributed by atoms with Gasteiger partial charge < -0.3 is 5.32 Å². The summed E-state index contributed by atoms with van der Waals surface area (Å²) in [5.74, 6) is -0.593. The van der Waals surface area contributed by atoms with Gasteiger partial charge in [-0.1, -0.05) is 71.2 Å². The lowest BCUT2D eigenvalue weighted by Gasteiger charge is -2.21. The average molecular weight is 474 g/mol. The Kier molecular flexibility index (Phi) is 6.91. The number of benzene rings is 2. The molecule has 0 spiro atoms. The Hall–Kier alpha value is -2.28. The Labute approximate surface area is 185 Å². The SMILES string of the molecule is O=C(NC(Cc1ccccc1)c1ncc(C(F)(F)F)cc1Cl)c1c(Cl)cccc1Cl. The number of carbonyl (C=O) groups is 1. The largest absolute Gasteiger partial charge is 0.417 e. The van der Waals surface area contributed by atoms with Gasteiger partial charge in [0.15, 0.2) is 0 Å². The third-order valence-electron chi connectivity index (χ3n) is 4.30. The fraction of sp³-hybridized carbons (Fsp3) is 0.143. The lowest BCUT2D eigenvalue weighted by molar-refractivity contribution is -0.137. The van der Waals surface area contributed by atoms with Gasteiger partial charge in [0.1, 0.15) is 0 Å². The molecule has 9 heteroatoms. The number of aromatic nitrogens is 1. The molecule has 3 aromatic rings. The van der Waals surface area contributed by atoms with E-state index in [1.54, 1.807) is 18.2 Å². The number of alkyl halides is 3. The van der Waals surface area contributed by atoms with E-state index in [0.717, 1.165) is 11.6 Å². The van der Waals surface area contributed by atoms with E-state index in [1.807, 2.05) is 18.2 Å². The van der Waals surface area contributed by atoms with E-state index in [-0.39, 0.29) is 32.7 Å². The molecule has 0 fully saturated rings. The summed E-state index contributed by atoms with van der Waals surface area (Å²) in [6.45, 7) is 0. The zero-order valence-corrected chi connectivity index (χ0v) is 17.4. The zero-order chi connectivity index (χ0) is 21.9. The van der Waals surface area contributed by atoms with Crippen LogP contribution in [0.25, 0.3) is 0 Å². The Morgan fingerprint density at radius 2 is 1.60 bits per heavy atom. The second-order valence-corrected chi connectivity index (χ2v) is 7.62. The van der Waals surface area contributed by atoms with Crippen molar-refractivity contribution in [2.45, 2.75) is 18.6 Å². The van der Waals surface area contributed by atoms with Crippen LogP contribution in [-0.4, -0.2) is 10.9 Å². The van der Waals surface area contributed by atoms with Crippen molar-refractivity contribution in [3.63, 3.8) is 0 Å². The van der Waals surface area contributed by atoms with Gasteiger partial charge in [0.2, 0.25) is 0 Å². The van der Waals surface area contributed by atoms with E-state index >= 15 is 0 Å². The van der Waals surface area contributed by atoms with Crippen LogP contribution in [0.1, 0.15) is 33.2 Å². The van der Waals surface area contributed by atoms with Crippen LogP contribution in [-0.2, 0) is 12.6 Å². The highest BCUT2D eigenvalue weighted by Gasteiger charge is 2.32. The summed E-state index contributed by atoms with van der Waals surface area (Å²) in [4.78, 5) is 16.8. The van der Waals surface area contributed by atoms with Crippen molar-refractivity contribution in [2.24, 2.45) is 0 Å². The van der Waals surface area contributed by atoms with Crippen molar-refractivity contribution >= 4 is 40.7 Å². The minimum atomic E-state index is -4.58. The molecule has 30 heavy (non-hydrogen) atoms. The summed E-state index contributed by atoms with van der Waals surface area (Å²) in [5.41, 5.74) is 0.00739. The third kappa shape index (κ3) is 5.25. The highest BCUT2D eigenvalue weighted by atomic mass is 35.5. The first-order chi connectivity index (χ1) is 14.2. The van der Waals surface area contributed by atoms with Gasteiger partial charge >= 0.3 is 6.18 Å². The molecule has 1 amide bonds. The zero-order valence-electron chi connectivity index (χ0n) is 15.2. The van der Waals surface area contributed by atoms with E-state index in [4.69, 9.17) is 34.8 Å². The molecular weight excluding hydrogens is 460 g/mol. The molecule has 1 unspecified atom stereocenters. The van der Waals surface area contributed by atoms with Gasteiger partial charge in [0, 0.05) is 6.20 Å². The minimum absolute atomic E-state index is 0.0573. The Balaban J connectivity index is 1.98. The Morgan fingerprint density at radius 3 is 2.17 bits per heavy atom. The van der Waals surface area contributed by atoms with E-state index < -0.39 is 23.7 Å². The molecule has 1 atom stereocenters. The molecule has 0 bridgehead atoms. The summed E-state index contributed by atoms with van der Waals surface area (Å²) in [6, 6.07) is 13.7. The first kappa shape index (κ1) is 22.4. The molecule has 0 aliphatic heterocycles. The third-order valence-corrected chi connectivity index (χ3v) is 5.24. The fourth-order valence-electron chi connectivity index (χ4n) is 2.87. The molecule has 3 rings (SSSR count). The molecule has 1 aromatic heterocycles. The first-order valence-electron chi connectivity index (χ1n) is 8.68. The van der Waals surface area contributed by atoms with E-state index in [1.165, 1.54) is 12.1 Å². The van der Waals surface area contributed by atoms with Crippen LogP contribution in [0.5, 0.6) is 0 Å². The summed E-state index contributed by atoms with van der Waals surface area (Å²) < 4.78 is 38.9. The normalized spacial score (nSPS) is 12.5. The number of halogens is 6. The first-order valence-corrected chi connectivity index (χ1v) is 9.81. The molecule has 0 saturated heterocycles. The molecule has 3 nitrogen and oxygen atoms in total. The number of carbonyl (C=O) groups excluding carboxylic acids is 1. The number of nitrogens with one attached hydrogen (secondary N) is 1. The molecule has 156 valence electrons. The fourth-order valence-corrected chi connectivity index (χ4v) is 3.74. The lowest BCUT2D eigenvalue weighted by Crippen LogP contribution is -2.31. The van der Waals surface area contributed by atoms with Crippen molar-refractivity contribution < 1.29 is 18.0 Å². The topological polar surface area (TPSA) is 42.0 Å². The number of hydrogen-bond acceptors (Lipinski definition) is 2. The van der Waals surface area contributed by atoms with Gasteiger partial charge in [-0.15, -0.1) is 0 Å². The van der Waals surface area contributed by atoms with Crippen molar-refractivity contribution in [1.29, 1.82) is 0 Å². The molecule has 0 aliphatic carbocycles. The lowest BCUT2D eigenvalue weighted by atomic mass is 10.0. The number of nitrogens with zero attached hydrogens (tertiary/aromatic N) is 1. The number of pyridine rings is 1. The Bertz CT molecular complexity index is 1040. The second-order valence-electron chi connectivity index (χ2n) is 6.40. The van der Waals surface area contributed by atoms with Crippen LogP contribution < -0.4 is 5.32 Å². The quantitative estimate of drug-likeness (QED) is 0.444.